The van der Waals surface area contributed by atoms with E-state index in [9.17, 15) is 4.79 Å². The quantitative estimate of drug-likeness (QED) is 0.846. The molecule has 3 heterocycles. The second kappa shape index (κ2) is 7.27. The van der Waals surface area contributed by atoms with Crippen molar-refractivity contribution < 1.29 is 4.79 Å². The van der Waals surface area contributed by atoms with Gasteiger partial charge in [-0.3, -0.25) is 9.69 Å². The van der Waals surface area contributed by atoms with E-state index in [1.807, 2.05) is 6.07 Å². The van der Waals surface area contributed by atoms with Gasteiger partial charge in [-0.05, 0) is 38.3 Å². The van der Waals surface area contributed by atoms with Crippen LogP contribution >= 0.6 is 0 Å². The molecule has 0 radical (unpaired) electrons. The number of aryl methyl sites for hydroxylation is 1. The smallest absolute Gasteiger partial charge is 0.236 e. The zero-order valence-electron chi connectivity index (χ0n) is 15.9. The Morgan fingerprint density at radius 1 is 1.12 bits per heavy atom. The summed E-state index contributed by atoms with van der Waals surface area (Å²) < 4.78 is 2.17. The van der Waals surface area contributed by atoms with Gasteiger partial charge in [0.1, 0.15) is 0 Å². The molecular formula is C20H29N5O. The van der Waals surface area contributed by atoms with Gasteiger partial charge in [-0.2, -0.15) is 0 Å². The van der Waals surface area contributed by atoms with Crippen LogP contribution in [0.15, 0.2) is 24.3 Å². The van der Waals surface area contributed by atoms with Crippen molar-refractivity contribution >= 4 is 22.9 Å². The number of fused-ring (bicyclic) bond motifs is 1. The molecule has 6 nitrogen and oxygen atoms in total. The van der Waals surface area contributed by atoms with Gasteiger partial charge in [0, 0.05) is 45.8 Å². The van der Waals surface area contributed by atoms with Gasteiger partial charge in [0.25, 0.3) is 0 Å². The van der Waals surface area contributed by atoms with Gasteiger partial charge in [0.05, 0.1) is 17.6 Å². The number of piperazine rings is 1. The molecular weight excluding hydrogens is 326 g/mol. The summed E-state index contributed by atoms with van der Waals surface area (Å²) in [4.78, 5) is 24.2. The minimum atomic E-state index is 0.299. The van der Waals surface area contributed by atoms with Crippen LogP contribution in [-0.2, 0) is 11.8 Å². The Morgan fingerprint density at radius 2 is 1.88 bits per heavy atom. The molecule has 1 atom stereocenters. The molecule has 6 heteroatoms. The summed E-state index contributed by atoms with van der Waals surface area (Å²) in [6.45, 7) is 7.33. The van der Waals surface area contributed by atoms with Crippen molar-refractivity contribution in [3.63, 3.8) is 0 Å². The average molecular weight is 355 g/mol. The number of hydrogen-bond donors (Lipinski definition) is 0. The zero-order valence-corrected chi connectivity index (χ0v) is 15.9. The molecule has 0 bridgehead atoms. The highest BCUT2D eigenvalue weighted by Gasteiger charge is 2.27. The first-order chi connectivity index (χ1) is 12.6. The number of piperidine rings is 1. The molecule has 0 saturated carbocycles. The molecule has 0 spiro atoms. The average Bonchev–Trinajstić information content (AvgIpc) is 3.00. The van der Waals surface area contributed by atoms with E-state index < -0.39 is 0 Å². The number of carbonyl (C=O) groups excluding carboxylic acids is 1. The summed E-state index contributed by atoms with van der Waals surface area (Å²) in [6, 6.07) is 8.66. The predicted octanol–water partition coefficient (Wildman–Crippen LogP) is 2.10. The highest BCUT2D eigenvalue weighted by molar-refractivity contribution is 5.79. The molecule has 140 valence electrons. The van der Waals surface area contributed by atoms with Crippen molar-refractivity contribution in [3.05, 3.63) is 24.3 Å². The lowest BCUT2D eigenvalue weighted by Crippen LogP contribution is -2.52. The zero-order chi connectivity index (χ0) is 18.1. The first-order valence-electron chi connectivity index (χ1n) is 9.82. The number of aromatic nitrogens is 2. The predicted molar refractivity (Wildman–Crippen MR) is 104 cm³/mol. The van der Waals surface area contributed by atoms with Crippen molar-refractivity contribution in [2.24, 2.45) is 7.05 Å². The first-order valence-corrected chi connectivity index (χ1v) is 9.82. The van der Waals surface area contributed by atoms with E-state index in [0.717, 1.165) is 57.0 Å². The van der Waals surface area contributed by atoms with Gasteiger partial charge < -0.3 is 14.4 Å². The van der Waals surface area contributed by atoms with Crippen molar-refractivity contribution in [3.8, 4) is 0 Å². The number of anilines is 1. The number of carbonyl (C=O) groups is 1. The molecule has 2 aliphatic rings. The fourth-order valence-corrected chi connectivity index (χ4v) is 4.27. The number of benzene rings is 1. The summed E-state index contributed by atoms with van der Waals surface area (Å²) in [5.74, 6) is 1.33. The van der Waals surface area contributed by atoms with E-state index >= 15 is 0 Å². The van der Waals surface area contributed by atoms with Crippen LogP contribution < -0.4 is 4.90 Å². The molecule has 2 saturated heterocycles. The second-order valence-electron chi connectivity index (χ2n) is 7.65. The third-order valence-electron chi connectivity index (χ3n) is 5.90. The highest BCUT2D eigenvalue weighted by atomic mass is 16.2. The SMILES string of the molecule is CC1CCCCN1C(=O)CN1CCN(c2nc3ccccc3n2C)CC1. The molecule has 0 aliphatic carbocycles. The molecule has 2 fully saturated rings. The number of nitrogens with zero attached hydrogens (tertiary/aromatic N) is 5. The lowest BCUT2D eigenvalue weighted by atomic mass is 10.0. The number of rotatable bonds is 3. The maximum atomic E-state index is 12.7. The maximum Gasteiger partial charge on any atom is 0.236 e. The standard InChI is InChI=1S/C20H29N5O/c1-16-7-5-6-10-25(16)19(26)15-23-11-13-24(14-12-23)20-21-17-8-3-4-9-18(17)22(20)2/h3-4,8-9,16H,5-7,10-15H2,1-2H3. The van der Waals surface area contributed by atoms with Crippen molar-refractivity contribution in [1.29, 1.82) is 0 Å². The van der Waals surface area contributed by atoms with Crippen molar-refractivity contribution in [2.75, 3.05) is 44.2 Å². The summed E-state index contributed by atoms with van der Waals surface area (Å²) >= 11 is 0. The second-order valence-corrected chi connectivity index (χ2v) is 7.65. The Hall–Kier alpha value is -2.08. The fraction of sp³-hybridized carbons (Fsp3) is 0.600. The van der Waals surface area contributed by atoms with Gasteiger partial charge in [-0.1, -0.05) is 12.1 Å². The maximum absolute atomic E-state index is 12.7. The van der Waals surface area contributed by atoms with Crippen molar-refractivity contribution in [2.45, 2.75) is 32.2 Å². The molecule has 2 aliphatic heterocycles. The lowest BCUT2D eigenvalue weighted by molar-refractivity contribution is -0.135. The Bertz CT molecular complexity index is 778. The van der Waals surface area contributed by atoms with E-state index in [0.29, 0.717) is 18.5 Å². The molecule has 1 aromatic carbocycles. The summed E-state index contributed by atoms with van der Waals surface area (Å²) in [7, 11) is 2.08. The van der Waals surface area contributed by atoms with E-state index in [2.05, 4.69) is 51.4 Å². The van der Waals surface area contributed by atoms with Gasteiger partial charge >= 0.3 is 0 Å². The van der Waals surface area contributed by atoms with Crippen LogP contribution in [-0.4, -0.2) is 70.6 Å². The summed E-state index contributed by atoms with van der Waals surface area (Å²) in [5, 5.41) is 0. The highest BCUT2D eigenvalue weighted by Crippen LogP contribution is 2.22. The van der Waals surface area contributed by atoms with E-state index in [1.165, 1.54) is 11.9 Å². The summed E-state index contributed by atoms with van der Waals surface area (Å²) in [6.07, 6.45) is 3.55. The van der Waals surface area contributed by atoms with Crippen LogP contribution in [0.4, 0.5) is 5.95 Å². The van der Waals surface area contributed by atoms with Crippen LogP contribution in [0.1, 0.15) is 26.2 Å². The van der Waals surface area contributed by atoms with Crippen LogP contribution in [0.3, 0.4) is 0 Å². The van der Waals surface area contributed by atoms with Gasteiger partial charge in [0.2, 0.25) is 11.9 Å². The van der Waals surface area contributed by atoms with Gasteiger partial charge in [0.15, 0.2) is 0 Å². The summed E-state index contributed by atoms with van der Waals surface area (Å²) in [5.41, 5.74) is 2.21. The molecule has 1 unspecified atom stereocenters. The largest absolute Gasteiger partial charge is 0.340 e. The third-order valence-corrected chi connectivity index (χ3v) is 5.90. The normalized spacial score (nSPS) is 22.2. The Kier molecular flexibility index (Phi) is 4.85. The van der Waals surface area contributed by atoms with Crippen LogP contribution in [0, 0.1) is 0 Å². The number of likely N-dealkylation sites (tertiary alicyclic amines) is 1. The first kappa shape index (κ1) is 17.3. The van der Waals surface area contributed by atoms with Crippen molar-refractivity contribution in [1.82, 2.24) is 19.4 Å². The number of hydrogen-bond acceptors (Lipinski definition) is 4. The fourth-order valence-electron chi connectivity index (χ4n) is 4.27. The monoisotopic (exact) mass is 355 g/mol. The topological polar surface area (TPSA) is 44.6 Å². The van der Waals surface area contributed by atoms with E-state index in [1.54, 1.807) is 0 Å². The Balaban J connectivity index is 1.36. The van der Waals surface area contributed by atoms with Gasteiger partial charge in [-0.15, -0.1) is 0 Å². The minimum Gasteiger partial charge on any atom is -0.340 e. The molecule has 1 aromatic heterocycles. The van der Waals surface area contributed by atoms with Crippen LogP contribution in [0.2, 0.25) is 0 Å². The number of imidazole rings is 1. The minimum absolute atomic E-state index is 0.299. The third kappa shape index (κ3) is 3.30. The van der Waals surface area contributed by atoms with Crippen LogP contribution in [0.5, 0.6) is 0 Å². The van der Waals surface area contributed by atoms with Gasteiger partial charge in [-0.25, -0.2) is 4.98 Å². The molecule has 0 N–H and O–H groups in total. The molecule has 26 heavy (non-hydrogen) atoms. The molecule has 4 rings (SSSR count). The number of amides is 1. The Morgan fingerprint density at radius 3 is 2.62 bits per heavy atom. The van der Waals surface area contributed by atoms with E-state index in [4.69, 9.17) is 4.98 Å². The Labute approximate surface area is 155 Å². The molecule has 2 aromatic rings. The van der Waals surface area contributed by atoms with E-state index in [-0.39, 0.29) is 0 Å². The number of para-hydroxylation sites is 2. The molecule has 1 amide bonds. The van der Waals surface area contributed by atoms with Crippen LogP contribution in [0.25, 0.3) is 11.0 Å². The lowest BCUT2D eigenvalue weighted by Gasteiger charge is -2.38.